The Hall–Kier alpha value is -3.61. The molecule has 0 bridgehead atoms. The predicted molar refractivity (Wildman–Crippen MR) is 114 cm³/mol. The lowest BCUT2D eigenvalue weighted by atomic mass is 10.2. The molecule has 2 aromatic heterocycles. The third-order valence-electron chi connectivity index (χ3n) is 5.08. The van der Waals surface area contributed by atoms with Crippen LogP contribution in [0.25, 0.3) is 17.0 Å². The number of pyridine rings is 1. The van der Waals surface area contributed by atoms with Gasteiger partial charge in [-0.3, -0.25) is 9.59 Å². The van der Waals surface area contributed by atoms with E-state index >= 15 is 0 Å². The summed E-state index contributed by atoms with van der Waals surface area (Å²) in [6.45, 7) is 1.07. The number of hydrogen-bond acceptors (Lipinski definition) is 4. The molecule has 0 atom stereocenters. The topological polar surface area (TPSA) is 79.3 Å². The van der Waals surface area contributed by atoms with Gasteiger partial charge in [-0.2, -0.15) is 0 Å². The number of aromatic nitrogens is 2. The Morgan fingerprint density at radius 2 is 2.14 bits per heavy atom. The van der Waals surface area contributed by atoms with Crippen LogP contribution in [0.5, 0.6) is 0 Å². The molecule has 0 saturated heterocycles. The molecule has 7 heteroatoms. The molecule has 1 aromatic carbocycles. The smallest absolute Gasteiger partial charge is 0.246 e. The Kier molecular flexibility index (Phi) is 5.03. The van der Waals surface area contributed by atoms with Crippen molar-refractivity contribution >= 4 is 40.3 Å². The average Bonchev–Trinajstić information content (AvgIpc) is 2.90. The van der Waals surface area contributed by atoms with Gasteiger partial charge in [0.25, 0.3) is 0 Å². The molecule has 0 aliphatic carbocycles. The van der Waals surface area contributed by atoms with E-state index in [1.165, 1.54) is 0 Å². The molecule has 0 unspecified atom stereocenters. The van der Waals surface area contributed by atoms with Gasteiger partial charge >= 0.3 is 0 Å². The van der Waals surface area contributed by atoms with E-state index in [1.54, 1.807) is 30.3 Å². The number of nitrogens with zero attached hydrogens (tertiary/aromatic N) is 3. The summed E-state index contributed by atoms with van der Waals surface area (Å²) in [5.41, 5.74) is 3.77. The van der Waals surface area contributed by atoms with Crippen molar-refractivity contribution in [3.8, 4) is 0 Å². The highest BCUT2D eigenvalue weighted by molar-refractivity contribution is 5.95. The molecule has 148 valence electrons. The monoisotopic (exact) mass is 389 g/mol. The molecule has 3 aromatic rings. The van der Waals surface area contributed by atoms with Gasteiger partial charge < -0.3 is 20.1 Å². The van der Waals surface area contributed by atoms with E-state index in [2.05, 4.69) is 38.4 Å². The molecule has 7 nitrogen and oxygen atoms in total. The van der Waals surface area contributed by atoms with Crippen LogP contribution in [-0.4, -0.2) is 39.9 Å². The number of amides is 2. The van der Waals surface area contributed by atoms with Gasteiger partial charge in [-0.15, -0.1) is 0 Å². The third-order valence-corrected chi connectivity index (χ3v) is 5.08. The maximum atomic E-state index is 12.6. The van der Waals surface area contributed by atoms with E-state index in [0.717, 1.165) is 27.8 Å². The number of benzene rings is 1. The predicted octanol–water partition coefficient (Wildman–Crippen LogP) is 3.00. The first-order chi connectivity index (χ1) is 14.0. The summed E-state index contributed by atoms with van der Waals surface area (Å²) in [5, 5.41) is 7.11. The Bertz CT molecular complexity index is 1120. The van der Waals surface area contributed by atoms with Gasteiger partial charge in [0.1, 0.15) is 0 Å². The lowest BCUT2D eigenvalue weighted by molar-refractivity contribution is -0.125. The zero-order valence-electron chi connectivity index (χ0n) is 16.5. The summed E-state index contributed by atoms with van der Waals surface area (Å²) in [5.74, 6) is 0.368. The summed E-state index contributed by atoms with van der Waals surface area (Å²) in [6, 6.07) is 12.2. The average molecular weight is 389 g/mol. The van der Waals surface area contributed by atoms with E-state index in [4.69, 9.17) is 0 Å². The fourth-order valence-electron chi connectivity index (χ4n) is 3.43. The van der Waals surface area contributed by atoms with E-state index in [-0.39, 0.29) is 11.8 Å². The SMILES string of the molecule is CN(Cc1cc2ccccc2n1C)C(=O)C=Cc1cnc2c(c1)NCCC(=O)N2. The minimum absolute atomic E-state index is 0.0582. The van der Waals surface area contributed by atoms with Crippen LogP contribution in [0.4, 0.5) is 11.5 Å². The number of para-hydroxylation sites is 1. The van der Waals surface area contributed by atoms with Crippen molar-refractivity contribution in [3.05, 3.63) is 59.9 Å². The highest BCUT2D eigenvalue weighted by atomic mass is 16.2. The molecular weight excluding hydrogens is 366 g/mol. The number of anilines is 2. The highest BCUT2D eigenvalue weighted by Gasteiger charge is 2.14. The largest absolute Gasteiger partial charge is 0.382 e. The van der Waals surface area contributed by atoms with Crippen molar-refractivity contribution in [1.82, 2.24) is 14.5 Å². The van der Waals surface area contributed by atoms with Crippen LogP contribution in [0.15, 0.2) is 48.7 Å². The molecule has 2 amide bonds. The minimum Gasteiger partial charge on any atom is -0.382 e. The standard InChI is InChI=1S/C22H23N5O2/c1-26(14-17-12-16-5-3-4-6-19(16)27(17)2)21(29)8-7-15-11-18-22(24-13-15)25-20(28)9-10-23-18/h3-8,11-13,23H,9-10,14H2,1-2H3,(H,24,25,28). The van der Waals surface area contributed by atoms with Gasteiger partial charge in [0, 0.05) is 50.5 Å². The van der Waals surface area contributed by atoms with Crippen molar-refractivity contribution in [3.63, 3.8) is 0 Å². The van der Waals surface area contributed by atoms with Crippen LogP contribution in [0, 0.1) is 0 Å². The van der Waals surface area contributed by atoms with Gasteiger partial charge in [-0.05, 0) is 35.2 Å². The van der Waals surface area contributed by atoms with E-state index < -0.39 is 0 Å². The van der Waals surface area contributed by atoms with Crippen molar-refractivity contribution < 1.29 is 9.59 Å². The molecule has 1 aliphatic rings. The van der Waals surface area contributed by atoms with Crippen molar-refractivity contribution in [2.45, 2.75) is 13.0 Å². The minimum atomic E-state index is -0.0912. The molecule has 3 heterocycles. The van der Waals surface area contributed by atoms with Crippen molar-refractivity contribution in [1.29, 1.82) is 0 Å². The third kappa shape index (κ3) is 3.99. The first-order valence-corrected chi connectivity index (χ1v) is 9.51. The zero-order chi connectivity index (χ0) is 20.4. The number of fused-ring (bicyclic) bond motifs is 2. The highest BCUT2D eigenvalue weighted by Crippen LogP contribution is 2.23. The molecule has 29 heavy (non-hydrogen) atoms. The molecule has 0 spiro atoms. The number of aryl methyl sites for hydroxylation is 1. The summed E-state index contributed by atoms with van der Waals surface area (Å²) < 4.78 is 2.11. The van der Waals surface area contributed by atoms with Crippen LogP contribution < -0.4 is 10.6 Å². The summed E-state index contributed by atoms with van der Waals surface area (Å²) in [6.07, 6.45) is 5.32. The van der Waals surface area contributed by atoms with Crippen molar-refractivity contribution in [2.24, 2.45) is 7.05 Å². The van der Waals surface area contributed by atoms with Gasteiger partial charge in [-0.1, -0.05) is 18.2 Å². The molecule has 1 aliphatic heterocycles. The summed E-state index contributed by atoms with van der Waals surface area (Å²) in [4.78, 5) is 30.1. The van der Waals surface area contributed by atoms with E-state index in [0.29, 0.717) is 25.3 Å². The fourth-order valence-corrected chi connectivity index (χ4v) is 3.43. The Balaban J connectivity index is 1.45. The summed E-state index contributed by atoms with van der Waals surface area (Å²) >= 11 is 0. The number of carbonyl (C=O) groups excluding carboxylic acids is 2. The number of likely N-dealkylation sites (N-methyl/N-ethyl adjacent to an activating group) is 1. The van der Waals surface area contributed by atoms with Gasteiger partial charge in [0.05, 0.1) is 12.2 Å². The second-order valence-corrected chi connectivity index (χ2v) is 7.17. The van der Waals surface area contributed by atoms with Crippen molar-refractivity contribution in [2.75, 3.05) is 24.2 Å². The molecular formula is C22H23N5O2. The Morgan fingerprint density at radius 3 is 2.97 bits per heavy atom. The quantitative estimate of drug-likeness (QED) is 0.673. The van der Waals surface area contributed by atoms with Gasteiger partial charge in [-0.25, -0.2) is 4.98 Å². The number of rotatable bonds is 4. The maximum absolute atomic E-state index is 12.6. The number of nitrogens with one attached hydrogen (secondary N) is 2. The summed E-state index contributed by atoms with van der Waals surface area (Å²) in [7, 11) is 3.80. The first kappa shape index (κ1) is 18.7. The first-order valence-electron chi connectivity index (χ1n) is 9.51. The van der Waals surface area contributed by atoms with Gasteiger partial charge in [0.2, 0.25) is 11.8 Å². The molecule has 0 saturated carbocycles. The van der Waals surface area contributed by atoms with Crippen LogP contribution in [0.1, 0.15) is 17.7 Å². The Morgan fingerprint density at radius 1 is 1.31 bits per heavy atom. The normalized spacial score (nSPS) is 13.7. The van der Waals surface area contributed by atoms with Crippen LogP contribution in [0.2, 0.25) is 0 Å². The molecule has 0 fully saturated rings. The molecule has 0 radical (unpaired) electrons. The Labute approximate surface area is 169 Å². The second-order valence-electron chi connectivity index (χ2n) is 7.17. The van der Waals surface area contributed by atoms with Crippen LogP contribution >= 0.6 is 0 Å². The zero-order valence-corrected chi connectivity index (χ0v) is 16.5. The van der Waals surface area contributed by atoms with E-state index in [9.17, 15) is 9.59 Å². The second kappa shape index (κ2) is 7.79. The number of hydrogen-bond donors (Lipinski definition) is 2. The molecule has 2 N–H and O–H groups in total. The van der Waals surface area contributed by atoms with Gasteiger partial charge in [0.15, 0.2) is 5.82 Å². The molecule has 4 rings (SSSR count). The van der Waals surface area contributed by atoms with Crippen LogP contribution in [0.3, 0.4) is 0 Å². The number of carbonyl (C=O) groups is 2. The maximum Gasteiger partial charge on any atom is 0.246 e. The lowest BCUT2D eigenvalue weighted by Gasteiger charge is -2.16. The lowest BCUT2D eigenvalue weighted by Crippen LogP contribution is -2.25. The fraction of sp³-hybridized carbons (Fsp3) is 0.227. The van der Waals surface area contributed by atoms with Crippen LogP contribution in [-0.2, 0) is 23.2 Å². The van der Waals surface area contributed by atoms with E-state index in [1.807, 2.05) is 25.2 Å².